The van der Waals surface area contributed by atoms with Crippen molar-refractivity contribution in [3.05, 3.63) is 58.1 Å². The summed E-state index contributed by atoms with van der Waals surface area (Å²) in [7, 11) is 0. The maximum Gasteiger partial charge on any atom is 0.303 e. The van der Waals surface area contributed by atoms with Gasteiger partial charge >= 0.3 is 5.97 Å². The maximum atomic E-state index is 11.0. The normalized spacial score (nSPS) is 16.4. The molecule has 2 heterocycles. The Morgan fingerprint density at radius 3 is 2.97 bits per heavy atom. The van der Waals surface area contributed by atoms with Gasteiger partial charge in [-0.1, -0.05) is 6.07 Å². The van der Waals surface area contributed by atoms with Crippen LogP contribution in [0.2, 0.25) is 0 Å². The fraction of sp³-hybridized carbons (Fsp3) is 0.333. The largest absolute Gasteiger partial charge is 0.493 e. The molecule has 160 valence electrons. The summed E-state index contributed by atoms with van der Waals surface area (Å²) >= 11 is 1.67. The molecule has 1 aliphatic heterocycles. The first-order valence-electron chi connectivity index (χ1n) is 10.4. The van der Waals surface area contributed by atoms with Gasteiger partial charge in [0.2, 0.25) is 6.79 Å². The number of thiazole rings is 1. The van der Waals surface area contributed by atoms with Gasteiger partial charge in [-0.15, -0.1) is 11.3 Å². The number of carboxylic acid groups (broad SMARTS) is 1. The van der Waals surface area contributed by atoms with E-state index in [0.717, 1.165) is 58.3 Å². The van der Waals surface area contributed by atoms with E-state index in [1.165, 1.54) is 10.4 Å². The quantitative estimate of drug-likeness (QED) is 0.562. The minimum atomic E-state index is -0.739. The molecule has 0 saturated heterocycles. The van der Waals surface area contributed by atoms with Gasteiger partial charge in [-0.2, -0.15) is 0 Å². The fourth-order valence-corrected chi connectivity index (χ4v) is 5.23. The van der Waals surface area contributed by atoms with Crippen molar-refractivity contribution in [2.24, 2.45) is 0 Å². The van der Waals surface area contributed by atoms with E-state index in [4.69, 9.17) is 24.3 Å². The number of aliphatic carboxylic acids is 1. The van der Waals surface area contributed by atoms with Gasteiger partial charge in [0, 0.05) is 16.9 Å². The lowest BCUT2D eigenvalue weighted by atomic mass is 9.98. The third-order valence-electron chi connectivity index (χ3n) is 5.86. The minimum absolute atomic E-state index is 0.119. The van der Waals surface area contributed by atoms with Crippen LogP contribution in [0.25, 0.3) is 10.6 Å². The number of fused-ring (bicyclic) bond motifs is 2. The molecule has 1 N–H and O–H groups in total. The van der Waals surface area contributed by atoms with E-state index in [1.807, 2.05) is 30.3 Å². The zero-order valence-corrected chi connectivity index (χ0v) is 18.0. The van der Waals surface area contributed by atoms with E-state index in [0.29, 0.717) is 6.61 Å². The molecule has 5 rings (SSSR count). The Labute approximate surface area is 184 Å². The molecule has 2 aromatic carbocycles. The zero-order chi connectivity index (χ0) is 21.4. The Hall–Kier alpha value is -3.06. The standard InChI is InChI=1S/C24H23NO5S/c1-14-20(25-24(31-14)17-4-7-21-22(11-17)30-13-29-21)8-9-28-18-5-6-19-15(10-18)2-3-16(19)12-23(26)27/h4-7,10-11,16H,2-3,8-9,12-13H2,1H3,(H,26,27)/t16-/m0/s1. The number of hydrogen-bond acceptors (Lipinski definition) is 6. The molecule has 0 amide bonds. The summed E-state index contributed by atoms with van der Waals surface area (Å²) in [5.41, 5.74) is 4.43. The highest BCUT2D eigenvalue weighted by molar-refractivity contribution is 7.15. The number of aromatic nitrogens is 1. The van der Waals surface area contributed by atoms with Crippen LogP contribution < -0.4 is 14.2 Å². The summed E-state index contributed by atoms with van der Waals surface area (Å²) in [6.45, 7) is 2.89. The second kappa shape index (κ2) is 8.23. The van der Waals surface area contributed by atoms with Crippen molar-refractivity contribution in [2.45, 2.75) is 38.5 Å². The summed E-state index contributed by atoms with van der Waals surface area (Å²) in [6, 6.07) is 11.9. The van der Waals surface area contributed by atoms with Crippen molar-refractivity contribution >= 4 is 17.3 Å². The summed E-state index contributed by atoms with van der Waals surface area (Å²) in [5, 5.41) is 10.0. The first-order chi connectivity index (χ1) is 15.1. The number of hydrogen-bond donors (Lipinski definition) is 1. The highest BCUT2D eigenvalue weighted by Crippen LogP contribution is 2.38. The zero-order valence-electron chi connectivity index (χ0n) is 17.2. The first kappa shape index (κ1) is 19.9. The lowest BCUT2D eigenvalue weighted by Gasteiger charge is -2.10. The molecule has 1 atom stereocenters. The lowest BCUT2D eigenvalue weighted by Crippen LogP contribution is -2.04. The molecule has 0 spiro atoms. The number of ether oxygens (including phenoxy) is 3. The monoisotopic (exact) mass is 437 g/mol. The Morgan fingerprint density at radius 1 is 1.23 bits per heavy atom. The number of aryl methyl sites for hydroxylation is 2. The van der Waals surface area contributed by atoms with Crippen molar-refractivity contribution in [2.75, 3.05) is 13.4 Å². The SMILES string of the molecule is Cc1sc(-c2ccc3c(c2)OCO3)nc1CCOc1ccc2c(c1)CC[C@H]2CC(=O)O. The van der Waals surface area contributed by atoms with Crippen LogP contribution in [0.5, 0.6) is 17.2 Å². The lowest BCUT2D eigenvalue weighted by molar-refractivity contribution is -0.137. The van der Waals surface area contributed by atoms with Crippen molar-refractivity contribution in [3.8, 4) is 27.8 Å². The van der Waals surface area contributed by atoms with Gasteiger partial charge in [0.15, 0.2) is 11.5 Å². The highest BCUT2D eigenvalue weighted by Gasteiger charge is 2.25. The fourth-order valence-electron chi connectivity index (χ4n) is 4.27. The third-order valence-corrected chi connectivity index (χ3v) is 6.92. The summed E-state index contributed by atoms with van der Waals surface area (Å²) < 4.78 is 16.8. The Kier molecular flexibility index (Phi) is 5.28. The van der Waals surface area contributed by atoms with Crippen molar-refractivity contribution < 1.29 is 24.1 Å². The van der Waals surface area contributed by atoms with E-state index in [-0.39, 0.29) is 19.1 Å². The van der Waals surface area contributed by atoms with Gasteiger partial charge in [-0.3, -0.25) is 4.79 Å². The van der Waals surface area contributed by atoms with Crippen molar-refractivity contribution in [1.82, 2.24) is 4.98 Å². The summed E-state index contributed by atoms with van der Waals surface area (Å²) in [5.74, 6) is 1.75. The van der Waals surface area contributed by atoms with Gasteiger partial charge in [-0.25, -0.2) is 4.98 Å². The molecule has 2 aliphatic rings. The molecule has 31 heavy (non-hydrogen) atoms. The number of benzene rings is 2. The number of rotatable bonds is 7. The van der Waals surface area contributed by atoms with Gasteiger partial charge in [0.05, 0.1) is 18.7 Å². The van der Waals surface area contributed by atoms with Crippen LogP contribution in [0.1, 0.15) is 40.5 Å². The van der Waals surface area contributed by atoms with Crippen LogP contribution in [0.4, 0.5) is 0 Å². The van der Waals surface area contributed by atoms with E-state index >= 15 is 0 Å². The molecule has 1 aromatic heterocycles. The van der Waals surface area contributed by atoms with Crippen LogP contribution in [-0.4, -0.2) is 29.5 Å². The Morgan fingerprint density at radius 2 is 2.10 bits per heavy atom. The van der Waals surface area contributed by atoms with Crippen molar-refractivity contribution in [3.63, 3.8) is 0 Å². The Bertz CT molecular complexity index is 1140. The number of carboxylic acids is 1. The van der Waals surface area contributed by atoms with Gasteiger partial charge < -0.3 is 19.3 Å². The molecule has 1 aliphatic carbocycles. The topological polar surface area (TPSA) is 77.9 Å². The maximum absolute atomic E-state index is 11.0. The smallest absolute Gasteiger partial charge is 0.303 e. The van der Waals surface area contributed by atoms with Crippen LogP contribution in [0.3, 0.4) is 0 Å². The Balaban J connectivity index is 1.22. The summed E-state index contributed by atoms with van der Waals surface area (Å²) in [6.07, 6.45) is 2.73. The number of carbonyl (C=O) groups is 1. The van der Waals surface area contributed by atoms with Gasteiger partial charge in [0.25, 0.3) is 0 Å². The van der Waals surface area contributed by atoms with Gasteiger partial charge in [0.1, 0.15) is 10.8 Å². The third kappa shape index (κ3) is 4.10. The number of nitrogens with zero attached hydrogens (tertiary/aromatic N) is 1. The van der Waals surface area contributed by atoms with Crippen LogP contribution in [0.15, 0.2) is 36.4 Å². The summed E-state index contributed by atoms with van der Waals surface area (Å²) in [4.78, 5) is 17.0. The predicted molar refractivity (Wildman–Crippen MR) is 117 cm³/mol. The molecule has 0 saturated carbocycles. The van der Waals surface area contributed by atoms with E-state index in [9.17, 15) is 4.79 Å². The van der Waals surface area contributed by atoms with E-state index in [2.05, 4.69) is 13.0 Å². The molecule has 0 radical (unpaired) electrons. The second-order valence-electron chi connectivity index (χ2n) is 7.88. The molecule has 3 aromatic rings. The van der Waals surface area contributed by atoms with E-state index < -0.39 is 5.97 Å². The van der Waals surface area contributed by atoms with Crippen LogP contribution in [0, 0.1) is 6.92 Å². The molecule has 0 unspecified atom stereocenters. The average molecular weight is 438 g/mol. The molecule has 0 fully saturated rings. The average Bonchev–Trinajstić information content (AvgIpc) is 3.46. The second-order valence-corrected chi connectivity index (χ2v) is 9.09. The first-order valence-corrected chi connectivity index (χ1v) is 11.2. The van der Waals surface area contributed by atoms with E-state index in [1.54, 1.807) is 11.3 Å². The van der Waals surface area contributed by atoms with Crippen LogP contribution >= 0.6 is 11.3 Å². The molecular weight excluding hydrogens is 414 g/mol. The predicted octanol–water partition coefficient (Wildman–Crippen LogP) is 4.97. The molecule has 6 nitrogen and oxygen atoms in total. The molecular formula is C24H23NO5S. The molecule has 7 heteroatoms. The minimum Gasteiger partial charge on any atom is -0.493 e. The van der Waals surface area contributed by atoms with Gasteiger partial charge in [-0.05, 0) is 67.1 Å². The molecule has 0 bridgehead atoms. The highest BCUT2D eigenvalue weighted by atomic mass is 32.1. The van der Waals surface area contributed by atoms with Crippen molar-refractivity contribution in [1.29, 1.82) is 0 Å². The van der Waals surface area contributed by atoms with Crippen LogP contribution in [-0.2, 0) is 17.6 Å².